The van der Waals surface area contributed by atoms with Crippen LogP contribution >= 0.6 is 0 Å². The average Bonchev–Trinajstić information content (AvgIpc) is 3.01. The van der Waals surface area contributed by atoms with Crippen molar-refractivity contribution in [1.29, 1.82) is 0 Å². The van der Waals surface area contributed by atoms with Crippen LogP contribution in [-0.4, -0.2) is 37.1 Å². The number of unbranched alkanes of at least 4 members (excludes halogenated alkanes) is 1. The van der Waals surface area contributed by atoms with Crippen molar-refractivity contribution in [3.63, 3.8) is 0 Å². The van der Waals surface area contributed by atoms with Crippen molar-refractivity contribution < 1.29 is 4.79 Å². The summed E-state index contributed by atoms with van der Waals surface area (Å²) in [5.74, 6) is 0. The lowest BCUT2D eigenvalue weighted by atomic mass is 10.1. The summed E-state index contributed by atoms with van der Waals surface area (Å²) in [6.07, 6.45) is 4.90. The third-order valence-electron chi connectivity index (χ3n) is 4.03. The van der Waals surface area contributed by atoms with Crippen LogP contribution in [0.25, 0.3) is 0 Å². The molecule has 2 rings (SSSR count). The molecule has 0 spiro atoms. The smallest absolute Gasteiger partial charge is 0.315 e. The van der Waals surface area contributed by atoms with E-state index in [1.54, 1.807) is 0 Å². The van der Waals surface area contributed by atoms with E-state index in [-0.39, 0.29) is 12.1 Å². The van der Waals surface area contributed by atoms with Gasteiger partial charge < -0.3 is 15.5 Å². The van der Waals surface area contributed by atoms with Crippen LogP contribution in [0.15, 0.2) is 30.3 Å². The Balaban J connectivity index is 1.55. The molecule has 2 N–H and O–H groups in total. The molecular weight excluding hydrogens is 262 g/mol. The fraction of sp³-hybridized carbons (Fsp3) is 0.588. The number of benzene rings is 1. The maximum atomic E-state index is 11.8. The maximum Gasteiger partial charge on any atom is 0.315 e. The quantitative estimate of drug-likeness (QED) is 0.758. The van der Waals surface area contributed by atoms with Crippen LogP contribution in [0.5, 0.6) is 0 Å². The number of amides is 2. The largest absolute Gasteiger partial charge is 0.338 e. The van der Waals surface area contributed by atoms with Crippen LogP contribution in [0.4, 0.5) is 4.79 Å². The van der Waals surface area contributed by atoms with Gasteiger partial charge in [0.2, 0.25) is 0 Å². The first kappa shape index (κ1) is 15.8. The topological polar surface area (TPSA) is 44.4 Å². The molecule has 2 amide bonds. The predicted octanol–water partition coefficient (Wildman–Crippen LogP) is 2.92. The molecule has 1 saturated heterocycles. The van der Waals surface area contributed by atoms with Crippen molar-refractivity contribution in [2.45, 2.75) is 38.6 Å². The first-order valence-electron chi connectivity index (χ1n) is 8.07. The molecule has 1 unspecified atom stereocenters. The predicted molar refractivity (Wildman–Crippen MR) is 86.3 cm³/mol. The van der Waals surface area contributed by atoms with Gasteiger partial charge in [-0.3, -0.25) is 0 Å². The Bertz CT molecular complexity index is 415. The van der Waals surface area contributed by atoms with Crippen LogP contribution in [0.1, 0.15) is 44.2 Å². The summed E-state index contributed by atoms with van der Waals surface area (Å²) in [7, 11) is 0. The lowest BCUT2D eigenvalue weighted by molar-refractivity contribution is 0.237. The molecule has 1 fully saturated rings. The lowest BCUT2D eigenvalue weighted by Crippen LogP contribution is -2.37. The number of hydrogen-bond donors (Lipinski definition) is 2. The van der Waals surface area contributed by atoms with Crippen molar-refractivity contribution in [2.24, 2.45) is 0 Å². The zero-order valence-electron chi connectivity index (χ0n) is 13.0. The van der Waals surface area contributed by atoms with E-state index in [0.29, 0.717) is 0 Å². The molecule has 0 radical (unpaired) electrons. The van der Waals surface area contributed by atoms with E-state index in [0.717, 1.165) is 24.9 Å². The second-order valence-corrected chi connectivity index (χ2v) is 5.79. The Morgan fingerprint density at radius 2 is 1.90 bits per heavy atom. The molecule has 0 aromatic heterocycles. The minimum Gasteiger partial charge on any atom is -0.338 e. The number of urea groups is 1. The summed E-state index contributed by atoms with van der Waals surface area (Å²) < 4.78 is 0. The van der Waals surface area contributed by atoms with Gasteiger partial charge in [-0.2, -0.15) is 0 Å². The van der Waals surface area contributed by atoms with E-state index in [1.165, 1.54) is 32.5 Å². The number of carbonyl (C=O) groups excluding carboxylic acids is 1. The Kier molecular flexibility index (Phi) is 6.54. The molecule has 1 atom stereocenters. The van der Waals surface area contributed by atoms with Gasteiger partial charge in [-0.05, 0) is 57.8 Å². The van der Waals surface area contributed by atoms with Crippen molar-refractivity contribution in [1.82, 2.24) is 15.5 Å². The molecule has 116 valence electrons. The second kappa shape index (κ2) is 8.67. The minimum absolute atomic E-state index is 0.0378. The highest BCUT2D eigenvalue weighted by atomic mass is 16.2. The number of nitrogens with one attached hydrogen (secondary N) is 2. The SMILES string of the molecule is CC(NC(=O)NCCCCN1CCCC1)c1ccccc1. The van der Waals surface area contributed by atoms with Gasteiger partial charge >= 0.3 is 6.03 Å². The summed E-state index contributed by atoms with van der Waals surface area (Å²) in [6, 6.07) is 9.98. The van der Waals surface area contributed by atoms with Gasteiger partial charge in [0.05, 0.1) is 6.04 Å². The first-order chi connectivity index (χ1) is 10.3. The summed E-state index contributed by atoms with van der Waals surface area (Å²) in [6.45, 7) is 6.43. The number of nitrogens with zero attached hydrogens (tertiary/aromatic N) is 1. The van der Waals surface area contributed by atoms with Gasteiger partial charge in [-0.25, -0.2) is 4.79 Å². The van der Waals surface area contributed by atoms with Crippen LogP contribution in [0.3, 0.4) is 0 Å². The molecule has 1 aliphatic heterocycles. The Morgan fingerprint density at radius 1 is 1.19 bits per heavy atom. The first-order valence-corrected chi connectivity index (χ1v) is 8.07. The van der Waals surface area contributed by atoms with E-state index in [4.69, 9.17) is 0 Å². The van der Waals surface area contributed by atoms with Crippen LogP contribution in [0, 0.1) is 0 Å². The maximum absolute atomic E-state index is 11.8. The number of hydrogen-bond acceptors (Lipinski definition) is 2. The van der Waals surface area contributed by atoms with Gasteiger partial charge in [-0.1, -0.05) is 30.3 Å². The fourth-order valence-electron chi connectivity index (χ4n) is 2.74. The third kappa shape index (κ3) is 5.76. The van der Waals surface area contributed by atoms with Gasteiger partial charge in [-0.15, -0.1) is 0 Å². The van der Waals surface area contributed by atoms with E-state index < -0.39 is 0 Å². The summed E-state index contributed by atoms with van der Waals surface area (Å²) >= 11 is 0. The van der Waals surface area contributed by atoms with E-state index in [1.807, 2.05) is 37.3 Å². The Hall–Kier alpha value is -1.55. The van der Waals surface area contributed by atoms with Gasteiger partial charge in [0.1, 0.15) is 0 Å². The number of rotatable bonds is 7. The highest BCUT2D eigenvalue weighted by Crippen LogP contribution is 2.10. The minimum atomic E-state index is -0.0764. The Labute approximate surface area is 127 Å². The second-order valence-electron chi connectivity index (χ2n) is 5.79. The monoisotopic (exact) mass is 289 g/mol. The van der Waals surface area contributed by atoms with Crippen molar-refractivity contribution in [3.05, 3.63) is 35.9 Å². The molecule has 0 aliphatic carbocycles. The Morgan fingerprint density at radius 3 is 2.62 bits per heavy atom. The summed E-state index contributed by atoms with van der Waals surface area (Å²) in [5, 5.41) is 5.91. The average molecular weight is 289 g/mol. The molecule has 1 heterocycles. The number of carbonyl (C=O) groups is 1. The van der Waals surface area contributed by atoms with Crippen molar-refractivity contribution in [2.75, 3.05) is 26.2 Å². The van der Waals surface area contributed by atoms with Crippen LogP contribution in [0.2, 0.25) is 0 Å². The zero-order valence-corrected chi connectivity index (χ0v) is 13.0. The standard InChI is InChI=1S/C17H27N3O/c1-15(16-9-3-2-4-10-16)19-17(21)18-11-5-6-12-20-13-7-8-14-20/h2-4,9-10,15H,5-8,11-14H2,1H3,(H2,18,19,21). The van der Waals surface area contributed by atoms with E-state index in [9.17, 15) is 4.79 Å². The van der Waals surface area contributed by atoms with Gasteiger partial charge in [0.15, 0.2) is 0 Å². The number of likely N-dealkylation sites (tertiary alicyclic amines) is 1. The molecule has 1 aromatic rings. The molecule has 4 nitrogen and oxygen atoms in total. The van der Waals surface area contributed by atoms with Crippen molar-refractivity contribution in [3.8, 4) is 0 Å². The molecule has 0 bridgehead atoms. The molecule has 21 heavy (non-hydrogen) atoms. The van der Waals surface area contributed by atoms with Gasteiger partial charge in [0, 0.05) is 6.54 Å². The zero-order chi connectivity index (χ0) is 14.9. The van der Waals surface area contributed by atoms with E-state index >= 15 is 0 Å². The highest BCUT2D eigenvalue weighted by molar-refractivity contribution is 5.74. The summed E-state index contributed by atoms with van der Waals surface area (Å²) in [4.78, 5) is 14.3. The van der Waals surface area contributed by atoms with Crippen LogP contribution in [-0.2, 0) is 0 Å². The van der Waals surface area contributed by atoms with Gasteiger partial charge in [0.25, 0.3) is 0 Å². The normalized spacial score (nSPS) is 16.6. The molecule has 0 saturated carbocycles. The molecular formula is C17H27N3O. The lowest BCUT2D eigenvalue weighted by Gasteiger charge is -2.16. The fourth-order valence-corrected chi connectivity index (χ4v) is 2.74. The highest BCUT2D eigenvalue weighted by Gasteiger charge is 2.11. The van der Waals surface area contributed by atoms with Crippen LogP contribution < -0.4 is 10.6 Å². The summed E-state index contributed by atoms with van der Waals surface area (Å²) in [5.41, 5.74) is 1.13. The third-order valence-corrected chi connectivity index (χ3v) is 4.03. The molecule has 4 heteroatoms. The van der Waals surface area contributed by atoms with Crippen molar-refractivity contribution >= 4 is 6.03 Å². The molecule has 1 aromatic carbocycles. The molecule has 1 aliphatic rings. The van der Waals surface area contributed by atoms with E-state index in [2.05, 4.69) is 15.5 Å².